The van der Waals surface area contributed by atoms with Gasteiger partial charge in [-0.1, -0.05) is 0 Å². The van der Waals surface area contributed by atoms with E-state index in [-0.39, 0.29) is 0 Å². The normalized spacial score (nSPS) is 10.7. The van der Waals surface area contributed by atoms with Gasteiger partial charge in [0.15, 0.2) is 0 Å². The molecular formula is C12H15BrN4S. The SMILES string of the molecule is Cc1nc(N)c(C)c(N(C)Cc2cc(Br)cs2)n1. The summed E-state index contributed by atoms with van der Waals surface area (Å²) in [5, 5.41) is 2.08. The van der Waals surface area contributed by atoms with Gasteiger partial charge in [-0.3, -0.25) is 0 Å². The lowest BCUT2D eigenvalue weighted by Gasteiger charge is -2.20. The Morgan fingerprint density at radius 3 is 2.72 bits per heavy atom. The molecule has 0 fully saturated rings. The van der Waals surface area contributed by atoms with Crippen LogP contribution in [-0.4, -0.2) is 17.0 Å². The Labute approximate surface area is 119 Å². The molecule has 0 aromatic carbocycles. The van der Waals surface area contributed by atoms with E-state index in [1.807, 2.05) is 20.9 Å². The van der Waals surface area contributed by atoms with Crippen molar-refractivity contribution < 1.29 is 0 Å². The van der Waals surface area contributed by atoms with Crippen molar-refractivity contribution in [3.05, 3.63) is 32.2 Å². The summed E-state index contributed by atoms with van der Waals surface area (Å²) < 4.78 is 1.12. The molecule has 0 amide bonds. The van der Waals surface area contributed by atoms with E-state index in [4.69, 9.17) is 5.73 Å². The van der Waals surface area contributed by atoms with Crippen LogP contribution in [0.4, 0.5) is 11.6 Å². The zero-order valence-corrected chi connectivity index (χ0v) is 13.0. The van der Waals surface area contributed by atoms with Crippen LogP contribution >= 0.6 is 27.3 Å². The van der Waals surface area contributed by atoms with Crippen molar-refractivity contribution in [1.82, 2.24) is 9.97 Å². The van der Waals surface area contributed by atoms with E-state index in [0.717, 1.165) is 22.4 Å². The van der Waals surface area contributed by atoms with E-state index in [0.29, 0.717) is 11.6 Å². The number of thiophene rings is 1. The lowest BCUT2D eigenvalue weighted by atomic mass is 10.3. The first-order chi connectivity index (χ1) is 8.47. The third-order valence-electron chi connectivity index (χ3n) is 2.65. The fourth-order valence-corrected chi connectivity index (χ4v) is 3.26. The number of anilines is 2. The summed E-state index contributed by atoms with van der Waals surface area (Å²) >= 11 is 5.19. The lowest BCUT2D eigenvalue weighted by molar-refractivity contribution is 0.882. The molecule has 96 valence electrons. The smallest absolute Gasteiger partial charge is 0.137 e. The minimum Gasteiger partial charge on any atom is -0.383 e. The quantitative estimate of drug-likeness (QED) is 0.941. The average Bonchev–Trinajstić information content (AvgIpc) is 2.69. The molecule has 2 rings (SSSR count). The molecule has 2 aromatic heterocycles. The second kappa shape index (κ2) is 5.24. The summed E-state index contributed by atoms with van der Waals surface area (Å²) in [6.45, 7) is 4.62. The van der Waals surface area contributed by atoms with Gasteiger partial charge in [0.25, 0.3) is 0 Å². The van der Waals surface area contributed by atoms with Crippen molar-refractivity contribution in [2.75, 3.05) is 17.7 Å². The molecule has 2 N–H and O–H groups in total. The van der Waals surface area contributed by atoms with E-state index in [9.17, 15) is 0 Å². The van der Waals surface area contributed by atoms with Crippen LogP contribution in [0.2, 0.25) is 0 Å². The Balaban J connectivity index is 2.26. The molecule has 4 nitrogen and oxygen atoms in total. The fourth-order valence-electron chi connectivity index (χ4n) is 1.75. The Hall–Kier alpha value is -1.14. The van der Waals surface area contributed by atoms with Gasteiger partial charge in [0.1, 0.15) is 17.5 Å². The predicted molar refractivity (Wildman–Crippen MR) is 80.0 cm³/mol. The van der Waals surface area contributed by atoms with E-state index >= 15 is 0 Å². The standard InChI is InChI=1S/C12H15BrN4S/c1-7-11(14)15-8(2)16-12(7)17(3)5-10-4-9(13)6-18-10/h4,6H,5H2,1-3H3,(H2,14,15,16). The summed E-state index contributed by atoms with van der Waals surface area (Å²) in [5.41, 5.74) is 6.80. The number of nitrogen functional groups attached to an aromatic ring is 1. The van der Waals surface area contributed by atoms with Crippen LogP contribution in [0.5, 0.6) is 0 Å². The molecule has 18 heavy (non-hydrogen) atoms. The first-order valence-corrected chi connectivity index (χ1v) is 7.19. The highest BCUT2D eigenvalue weighted by atomic mass is 79.9. The third kappa shape index (κ3) is 2.81. The predicted octanol–water partition coefficient (Wildman–Crippen LogP) is 3.14. The number of aryl methyl sites for hydroxylation is 1. The third-order valence-corrected chi connectivity index (χ3v) is 4.33. The van der Waals surface area contributed by atoms with Crippen molar-refractivity contribution >= 4 is 38.9 Å². The van der Waals surface area contributed by atoms with Crippen molar-refractivity contribution in [2.24, 2.45) is 0 Å². The van der Waals surface area contributed by atoms with Crippen LogP contribution in [0.25, 0.3) is 0 Å². The highest BCUT2D eigenvalue weighted by molar-refractivity contribution is 9.10. The van der Waals surface area contributed by atoms with Crippen LogP contribution in [-0.2, 0) is 6.54 Å². The van der Waals surface area contributed by atoms with Gasteiger partial charge in [-0.05, 0) is 35.8 Å². The molecule has 2 aromatic rings. The van der Waals surface area contributed by atoms with Crippen LogP contribution in [0.1, 0.15) is 16.3 Å². The summed E-state index contributed by atoms with van der Waals surface area (Å²) in [6, 6.07) is 2.12. The van der Waals surface area contributed by atoms with Gasteiger partial charge in [-0.15, -0.1) is 11.3 Å². The van der Waals surface area contributed by atoms with Gasteiger partial charge in [0, 0.05) is 27.3 Å². The van der Waals surface area contributed by atoms with Gasteiger partial charge >= 0.3 is 0 Å². The van der Waals surface area contributed by atoms with Crippen molar-refractivity contribution in [3.63, 3.8) is 0 Å². The highest BCUT2D eigenvalue weighted by Crippen LogP contribution is 2.25. The van der Waals surface area contributed by atoms with Crippen molar-refractivity contribution in [1.29, 1.82) is 0 Å². The molecule has 2 heterocycles. The van der Waals surface area contributed by atoms with E-state index in [1.165, 1.54) is 4.88 Å². The molecule has 0 saturated carbocycles. The van der Waals surface area contributed by atoms with E-state index in [2.05, 4.69) is 42.2 Å². The molecule has 0 atom stereocenters. The Kier molecular flexibility index (Phi) is 3.87. The molecule has 0 spiro atoms. The second-order valence-electron chi connectivity index (χ2n) is 4.19. The van der Waals surface area contributed by atoms with Gasteiger partial charge < -0.3 is 10.6 Å². The van der Waals surface area contributed by atoms with Crippen LogP contribution in [0.3, 0.4) is 0 Å². The molecular weight excluding hydrogens is 312 g/mol. The molecule has 0 aliphatic rings. The monoisotopic (exact) mass is 326 g/mol. The molecule has 6 heteroatoms. The number of halogens is 1. The maximum atomic E-state index is 5.87. The van der Waals surface area contributed by atoms with Gasteiger partial charge in [-0.25, -0.2) is 9.97 Å². The summed E-state index contributed by atoms with van der Waals surface area (Å²) in [7, 11) is 2.02. The fraction of sp³-hybridized carbons (Fsp3) is 0.333. The molecule has 0 bridgehead atoms. The summed E-state index contributed by atoms with van der Waals surface area (Å²) in [6.07, 6.45) is 0. The summed E-state index contributed by atoms with van der Waals surface area (Å²) in [5.74, 6) is 2.15. The number of hydrogen-bond acceptors (Lipinski definition) is 5. The Morgan fingerprint density at radius 2 is 2.11 bits per heavy atom. The van der Waals surface area contributed by atoms with E-state index in [1.54, 1.807) is 11.3 Å². The molecule has 0 radical (unpaired) electrons. The molecule has 0 unspecified atom stereocenters. The number of rotatable bonds is 3. The number of hydrogen-bond donors (Lipinski definition) is 1. The average molecular weight is 327 g/mol. The van der Waals surface area contributed by atoms with Crippen LogP contribution in [0.15, 0.2) is 15.9 Å². The lowest BCUT2D eigenvalue weighted by Crippen LogP contribution is -2.19. The molecule has 0 aliphatic carbocycles. The van der Waals surface area contributed by atoms with E-state index < -0.39 is 0 Å². The first-order valence-electron chi connectivity index (χ1n) is 5.52. The number of nitrogens with two attached hydrogens (primary N) is 1. The van der Waals surface area contributed by atoms with Gasteiger partial charge in [-0.2, -0.15) is 0 Å². The van der Waals surface area contributed by atoms with Gasteiger partial charge in [0.2, 0.25) is 0 Å². The molecule has 0 aliphatic heterocycles. The second-order valence-corrected chi connectivity index (χ2v) is 6.10. The minimum absolute atomic E-state index is 0.553. The zero-order chi connectivity index (χ0) is 13.3. The van der Waals surface area contributed by atoms with Crippen molar-refractivity contribution in [3.8, 4) is 0 Å². The first kappa shape index (κ1) is 13.3. The highest BCUT2D eigenvalue weighted by Gasteiger charge is 2.12. The Bertz CT molecular complexity index is 567. The van der Waals surface area contributed by atoms with Crippen molar-refractivity contribution in [2.45, 2.75) is 20.4 Å². The maximum absolute atomic E-state index is 5.87. The zero-order valence-electron chi connectivity index (χ0n) is 10.6. The minimum atomic E-state index is 0.553. The topological polar surface area (TPSA) is 55.0 Å². The van der Waals surface area contributed by atoms with Crippen LogP contribution in [0, 0.1) is 13.8 Å². The summed E-state index contributed by atoms with van der Waals surface area (Å²) in [4.78, 5) is 12.0. The largest absolute Gasteiger partial charge is 0.383 e. The number of aromatic nitrogens is 2. The Morgan fingerprint density at radius 1 is 1.39 bits per heavy atom. The van der Waals surface area contributed by atoms with Crippen LogP contribution < -0.4 is 10.6 Å². The number of nitrogens with zero attached hydrogens (tertiary/aromatic N) is 3. The maximum Gasteiger partial charge on any atom is 0.137 e. The van der Waals surface area contributed by atoms with Gasteiger partial charge in [0.05, 0.1) is 6.54 Å². The molecule has 0 saturated heterocycles.